The summed E-state index contributed by atoms with van der Waals surface area (Å²) >= 11 is 0. The predicted octanol–water partition coefficient (Wildman–Crippen LogP) is 2.17. The van der Waals surface area contributed by atoms with Crippen LogP contribution in [0.4, 0.5) is 0 Å². The lowest BCUT2D eigenvalue weighted by Crippen LogP contribution is -2.56. The molecule has 1 atom stereocenters. The number of amides is 2. The summed E-state index contributed by atoms with van der Waals surface area (Å²) in [6.07, 6.45) is 0.329. The van der Waals surface area contributed by atoms with Gasteiger partial charge in [0.05, 0.1) is 0 Å². The van der Waals surface area contributed by atoms with Crippen molar-refractivity contribution in [3.05, 3.63) is 83.2 Å². The van der Waals surface area contributed by atoms with Crippen LogP contribution in [-0.2, 0) is 21.2 Å². The van der Waals surface area contributed by atoms with Crippen LogP contribution in [0.25, 0.3) is 0 Å². The van der Waals surface area contributed by atoms with Gasteiger partial charge in [0.2, 0.25) is 15.9 Å². The van der Waals surface area contributed by atoms with Crippen molar-refractivity contribution in [1.82, 2.24) is 19.7 Å². The lowest BCUT2D eigenvalue weighted by molar-refractivity contribution is -0.134. The topological polar surface area (TPSA) is 113 Å². The second-order valence-corrected chi connectivity index (χ2v) is 10.3. The molecule has 1 N–H and O–H groups in total. The maximum absolute atomic E-state index is 13.5. The molecule has 2 amide bonds. The molecule has 35 heavy (non-hydrogen) atoms. The van der Waals surface area contributed by atoms with E-state index in [-0.39, 0.29) is 48.6 Å². The van der Waals surface area contributed by atoms with Crippen LogP contribution in [0.3, 0.4) is 0 Å². The van der Waals surface area contributed by atoms with E-state index in [2.05, 4.69) is 10.5 Å². The highest BCUT2D eigenvalue weighted by molar-refractivity contribution is 7.89. The van der Waals surface area contributed by atoms with Crippen LogP contribution in [0.2, 0.25) is 0 Å². The molecule has 10 heteroatoms. The fourth-order valence-corrected chi connectivity index (χ4v) is 5.94. The first kappa shape index (κ1) is 24.6. The van der Waals surface area contributed by atoms with Crippen molar-refractivity contribution < 1.29 is 22.5 Å². The first-order valence-electron chi connectivity index (χ1n) is 11.4. The van der Waals surface area contributed by atoms with E-state index in [1.807, 2.05) is 36.4 Å². The highest BCUT2D eigenvalue weighted by atomic mass is 32.2. The minimum atomic E-state index is -3.78. The fourth-order valence-electron chi connectivity index (χ4n) is 4.22. The third-order valence-corrected chi connectivity index (χ3v) is 8.18. The Kier molecular flexibility index (Phi) is 7.32. The Hall–Kier alpha value is -3.50. The highest BCUT2D eigenvalue weighted by Crippen LogP contribution is 2.24. The third-order valence-electron chi connectivity index (χ3n) is 6.04. The van der Waals surface area contributed by atoms with Gasteiger partial charge in [-0.2, -0.15) is 4.31 Å². The molecular formula is C25H28N4O5S. The number of benzene rings is 2. The molecule has 1 aromatic heterocycles. The molecule has 184 valence electrons. The number of carbonyl (C=O) groups excluding carboxylic acids is 2. The van der Waals surface area contributed by atoms with Crippen LogP contribution in [0.1, 0.15) is 27.4 Å². The van der Waals surface area contributed by atoms with E-state index in [0.29, 0.717) is 17.7 Å². The van der Waals surface area contributed by atoms with Crippen molar-refractivity contribution >= 4 is 21.8 Å². The molecule has 4 rings (SSSR count). The quantitative estimate of drug-likeness (QED) is 0.536. The van der Waals surface area contributed by atoms with Gasteiger partial charge in [-0.1, -0.05) is 53.7 Å². The van der Waals surface area contributed by atoms with E-state index in [1.165, 1.54) is 4.31 Å². The number of aryl methyl sites for hydroxylation is 2. The lowest BCUT2D eigenvalue weighted by Gasteiger charge is -2.36. The number of carbonyl (C=O) groups is 2. The Morgan fingerprint density at radius 1 is 0.971 bits per heavy atom. The Bertz CT molecular complexity index is 1260. The lowest BCUT2D eigenvalue weighted by atomic mass is 10.0. The second kappa shape index (κ2) is 10.4. The summed E-state index contributed by atoms with van der Waals surface area (Å²) in [5.74, 6) is -0.334. The normalized spacial score (nSPS) is 15.5. The van der Waals surface area contributed by atoms with Crippen molar-refractivity contribution in [2.75, 3.05) is 26.2 Å². The molecule has 1 fully saturated rings. The number of nitrogens with zero attached hydrogens (tertiary/aromatic N) is 3. The van der Waals surface area contributed by atoms with Gasteiger partial charge in [0.1, 0.15) is 16.6 Å². The SMILES string of the molecule is Cc1noc(C)c1S(=O)(=O)N1CCN(C(=O)[C@@H](Cc2ccccc2)NC(=O)c2ccccc2)CC1. The van der Waals surface area contributed by atoms with Crippen LogP contribution >= 0.6 is 0 Å². The van der Waals surface area contributed by atoms with Crippen molar-refractivity contribution in [3.63, 3.8) is 0 Å². The van der Waals surface area contributed by atoms with Crippen LogP contribution in [0.15, 0.2) is 70.1 Å². The number of sulfonamides is 1. The zero-order valence-electron chi connectivity index (χ0n) is 19.7. The Morgan fingerprint density at radius 2 is 1.57 bits per heavy atom. The molecule has 3 aromatic rings. The smallest absolute Gasteiger partial charge is 0.251 e. The molecule has 2 heterocycles. The summed E-state index contributed by atoms with van der Waals surface area (Å²) in [4.78, 5) is 28.0. The first-order chi connectivity index (χ1) is 16.8. The van der Waals surface area contributed by atoms with Crippen LogP contribution in [-0.4, -0.2) is 66.8 Å². The maximum atomic E-state index is 13.5. The van der Waals surface area contributed by atoms with Gasteiger partial charge >= 0.3 is 0 Å². The molecule has 1 aliphatic rings. The van der Waals surface area contributed by atoms with Crippen LogP contribution in [0.5, 0.6) is 0 Å². The minimum absolute atomic E-state index is 0.0781. The van der Waals surface area contributed by atoms with Crippen molar-refractivity contribution in [3.8, 4) is 0 Å². The van der Waals surface area contributed by atoms with Crippen LogP contribution in [0, 0.1) is 13.8 Å². The monoisotopic (exact) mass is 496 g/mol. The number of piperazine rings is 1. The van der Waals surface area contributed by atoms with Gasteiger partial charge in [-0.25, -0.2) is 8.42 Å². The Balaban J connectivity index is 1.48. The number of hydrogen-bond donors (Lipinski definition) is 1. The van der Waals surface area contributed by atoms with Gasteiger partial charge < -0.3 is 14.7 Å². The molecule has 0 aliphatic carbocycles. The molecule has 1 saturated heterocycles. The molecule has 1 aliphatic heterocycles. The number of hydrogen-bond acceptors (Lipinski definition) is 6. The summed E-state index contributed by atoms with van der Waals surface area (Å²) in [5.41, 5.74) is 1.69. The molecule has 2 aromatic carbocycles. The van der Waals surface area contributed by atoms with Gasteiger partial charge in [-0.3, -0.25) is 9.59 Å². The molecule has 0 radical (unpaired) electrons. The first-order valence-corrected chi connectivity index (χ1v) is 12.8. The zero-order valence-corrected chi connectivity index (χ0v) is 20.5. The van der Waals surface area contributed by atoms with E-state index in [1.54, 1.807) is 43.0 Å². The van der Waals surface area contributed by atoms with E-state index >= 15 is 0 Å². The Morgan fingerprint density at radius 3 is 2.14 bits per heavy atom. The van der Waals surface area contributed by atoms with Crippen molar-refractivity contribution in [2.24, 2.45) is 0 Å². The number of rotatable bonds is 7. The van der Waals surface area contributed by atoms with Gasteiger partial charge in [0.25, 0.3) is 5.91 Å². The number of nitrogens with one attached hydrogen (secondary N) is 1. The van der Waals surface area contributed by atoms with Gasteiger partial charge in [0.15, 0.2) is 5.76 Å². The maximum Gasteiger partial charge on any atom is 0.251 e. The van der Waals surface area contributed by atoms with E-state index in [0.717, 1.165) is 5.56 Å². The summed E-state index contributed by atoms with van der Waals surface area (Å²) in [5, 5.41) is 6.63. The summed E-state index contributed by atoms with van der Waals surface area (Å²) in [6.45, 7) is 3.87. The third kappa shape index (κ3) is 5.44. The standard InChI is InChI=1S/C25H28N4O5S/c1-18-23(19(2)34-27-18)35(32,33)29-15-13-28(14-16-29)25(31)22(17-20-9-5-3-6-10-20)26-24(30)21-11-7-4-8-12-21/h3-12,22H,13-17H2,1-2H3,(H,26,30)/t22-/m1/s1. The van der Waals surface area contributed by atoms with Crippen molar-refractivity contribution in [1.29, 1.82) is 0 Å². The second-order valence-electron chi connectivity index (χ2n) is 8.46. The number of aromatic nitrogens is 1. The average molecular weight is 497 g/mol. The fraction of sp³-hybridized carbons (Fsp3) is 0.320. The minimum Gasteiger partial charge on any atom is -0.360 e. The summed E-state index contributed by atoms with van der Waals surface area (Å²) in [6, 6.07) is 17.4. The average Bonchev–Trinajstić information content (AvgIpc) is 3.22. The largest absolute Gasteiger partial charge is 0.360 e. The molecule has 0 bridgehead atoms. The van der Waals surface area contributed by atoms with E-state index < -0.39 is 16.1 Å². The molecule has 0 saturated carbocycles. The Labute approximate surface area is 204 Å². The predicted molar refractivity (Wildman–Crippen MR) is 129 cm³/mol. The van der Waals surface area contributed by atoms with Gasteiger partial charge in [-0.15, -0.1) is 0 Å². The molecule has 9 nitrogen and oxygen atoms in total. The summed E-state index contributed by atoms with van der Waals surface area (Å²) < 4.78 is 32.6. The van der Waals surface area contributed by atoms with Crippen LogP contribution < -0.4 is 5.32 Å². The van der Waals surface area contributed by atoms with Gasteiger partial charge in [-0.05, 0) is 31.5 Å². The molecule has 0 spiro atoms. The van der Waals surface area contributed by atoms with E-state index in [4.69, 9.17) is 4.52 Å². The zero-order chi connectivity index (χ0) is 25.0. The van der Waals surface area contributed by atoms with E-state index in [9.17, 15) is 18.0 Å². The summed E-state index contributed by atoms with van der Waals surface area (Å²) in [7, 11) is -3.78. The van der Waals surface area contributed by atoms with Gasteiger partial charge in [0, 0.05) is 38.2 Å². The van der Waals surface area contributed by atoms with Crippen molar-refractivity contribution in [2.45, 2.75) is 31.2 Å². The molecule has 0 unspecified atom stereocenters. The molecular weight excluding hydrogens is 468 g/mol. The highest BCUT2D eigenvalue weighted by Gasteiger charge is 2.36.